The van der Waals surface area contributed by atoms with Crippen molar-refractivity contribution in [3.05, 3.63) is 0 Å². The molecule has 0 heterocycles. The van der Waals surface area contributed by atoms with E-state index in [1.54, 1.807) is 6.92 Å². The number of thioether (sulfide) groups is 1. The fraction of sp³-hybridized carbons (Fsp3) is 0.900. The zero-order valence-corrected chi connectivity index (χ0v) is 8.82. The minimum Gasteiger partial charge on any atom is -0.299 e. The molecule has 1 saturated carbocycles. The van der Waals surface area contributed by atoms with Gasteiger partial charge in [0, 0.05) is 5.25 Å². The Labute approximate surface area is 79.3 Å². The summed E-state index contributed by atoms with van der Waals surface area (Å²) in [5.41, 5.74) is 0. The summed E-state index contributed by atoms with van der Waals surface area (Å²) in [7, 11) is 0. The van der Waals surface area contributed by atoms with Crippen LogP contribution in [0, 0.1) is 5.92 Å². The predicted octanol–water partition coefficient (Wildman–Crippen LogP) is 2.89. The molecule has 12 heavy (non-hydrogen) atoms. The lowest BCUT2D eigenvalue weighted by Gasteiger charge is -2.27. The number of carbonyl (C=O) groups excluding carboxylic acids is 1. The first kappa shape index (κ1) is 10.1. The highest BCUT2D eigenvalue weighted by Gasteiger charge is 2.21. The van der Waals surface area contributed by atoms with Crippen LogP contribution in [-0.2, 0) is 4.79 Å². The van der Waals surface area contributed by atoms with E-state index in [0.717, 1.165) is 16.9 Å². The Bertz CT molecular complexity index is 156. The third kappa shape index (κ3) is 3.18. The molecular weight excluding hydrogens is 168 g/mol. The van der Waals surface area contributed by atoms with Crippen LogP contribution in [0.5, 0.6) is 0 Å². The van der Waals surface area contributed by atoms with Crippen molar-refractivity contribution >= 4 is 17.5 Å². The van der Waals surface area contributed by atoms with Gasteiger partial charge in [0.05, 0.1) is 5.75 Å². The van der Waals surface area contributed by atoms with Crippen molar-refractivity contribution in [2.75, 3.05) is 5.75 Å². The van der Waals surface area contributed by atoms with Crippen LogP contribution in [-0.4, -0.2) is 16.8 Å². The first-order valence-electron chi connectivity index (χ1n) is 4.81. The van der Waals surface area contributed by atoms with E-state index in [2.05, 4.69) is 6.92 Å². The van der Waals surface area contributed by atoms with Gasteiger partial charge in [0.25, 0.3) is 0 Å². The fourth-order valence-electron chi connectivity index (χ4n) is 1.75. The van der Waals surface area contributed by atoms with Gasteiger partial charge >= 0.3 is 0 Å². The summed E-state index contributed by atoms with van der Waals surface area (Å²) in [6.07, 6.45) is 5.42. The molecule has 70 valence electrons. The number of Topliss-reactive ketones (excluding diaryl/α,β-unsaturated/α-hetero) is 1. The average molecular weight is 186 g/mol. The molecule has 1 aliphatic carbocycles. The van der Waals surface area contributed by atoms with E-state index in [1.807, 2.05) is 11.8 Å². The second-order valence-electron chi connectivity index (χ2n) is 3.81. The summed E-state index contributed by atoms with van der Waals surface area (Å²) >= 11 is 1.86. The Hall–Kier alpha value is 0.0200. The van der Waals surface area contributed by atoms with Crippen molar-refractivity contribution in [3.63, 3.8) is 0 Å². The Kier molecular flexibility index (Phi) is 4.13. The maximum atomic E-state index is 10.8. The molecule has 0 amide bonds. The van der Waals surface area contributed by atoms with Crippen molar-refractivity contribution in [1.29, 1.82) is 0 Å². The van der Waals surface area contributed by atoms with E-state index in [0.29, 0.717) is 5.78 Å². The minimum absolute atomic E-state index is 0.317. The largest absolute Gasteiger partial charge is 0.299 e. The van der Waals surface area contributed by atoms with Gasteiger partial charge in [-0.15, -0.1) is 0 Å². The zero-order chi connectivity index (χ0) is 8.97. The third-order valence-electron chi connectivity index (χ3n) is 2.53. The van der Waals surface area contributed by atoms with Gasteiger partial charge in [0.2, 0.25) is 0 Å². The van der Waals surface area contributed by atoms with E-state index < -0.39 is 0 Å². The molecule has 1 fully saturated rings. The maximum Gasteiger partial charge on any atom is 0.139 e. The molecule has 1 unspecified atom stereocenters. The van der Waals surface area contributed by atoms with Crippen LogP contribution in [0.4, 0.5) is 0 Å². The topological polar surface area (TPSA) is 17.1 Å². The highest BCUT2D eigenvalue weighted by Crippen LogP contribution is 2.32. The van der Waals surface area contributed by atoms with Gasteiger partial charge in [-0.1, -0.05) is 19.8 Å². The quantitative estimate of drug-likeness (QED) is 0.674. The Morgan fingerprint density at radius 2 is 2.08 bits per heavy atom. The molecular formula is C10H18OS. The van der Waals surface area contributed by atoms with Crippen molar-refractivity contribution in [2.45, 2.75) is 44.8 Å². The van der Waals surface area contributed by atoms with E-state index in [1.165, 1.54) is 25.7 Å². The van der Waals surface area contributed by atoms with Crippen molar-refractivity contribution in [1.82, 2.24) is 0 Å². The first-order valence-corrected chi connectivity index (χ1v) is 5.86. The first-order chi connectivity index (χ1) is 5.70. The predicted molar refractivity (Wildman–Crippen MR) is 54.6 cm³/mol. The summed E-state index contributed by atoms with van der Waals surface area (Å²) in [6.45, 7) is 4.00. The molecule has 1 aliphatic rings. The highest BCUT2D eigenvalue weighted by molar-refractivity contribution is 8.00. The lowest BCUT2D eigenvalue weighted by Crippen LogP contribution is -2.20. The smallest absolute Gasteiger partial charge is 0.139 e. The van der Waals surface area contributed by atoms with E-state index in [4.69, 9.17) is 0 Å². The normalized spacial score (nSPS) is 30.2. The van der Waals surface area contributed by atoms with Gasteiger partial charge in [-0.25, -0.2) is 0 Å². The van der Waals surface area contributed by atoms with Crippen LogP contribution >= 0.6 is 11.8 Å². The Balaban J connectivity index is 2.24. The standard InChI is InChI=1S/C10H18OS/c1-8-5-3-4-6-10(8)12-7-9(2)11/h8,10H,3-7H2,1-2H3/t8?,10-/m0/s1. The molecule has 0 bridgehead atoms. The zero-order valence-electron chi connectivity index (χ0n) is 8.01. The van der Waals surface area contributed by atoms with E-state index in [-0.39, 0.29) is 0 Å². The molecule has 0 N–H and O–H groups in total. The molecule has 2 heteroatoms. The summed E-state index contributed by atoms with van der Waals surface area (Å²) in [6, 6.07) is 0. The summed E-state index contributed by atoms with van der Waals surface area (Å²) < 4.78 is 0. The number of carbonyl (C=O) groups is 1. The van der Waals surface area contributed by atoms with Gasteiger partial charge in [0.15, 0.2) is 0 Å². The van der Waals surface area contributed by atoms with Crippen molar-refractivity contribution in [3.8, 4) is 0 Å². The summed E-state index contributed by atoms with van der Waals surface area (Å²) in [4.78, 5) is 10.8. The fourth-order valence-corrected chi connectivity index (χ4v) is 3.00. The number of rotatable bonds is 3. The summed E-state index contributed by atoms with van der Waals surface area (Å²) in [5, 5.41) is 0.752. The van der Waals surface area contributed by atoms with Gasteiger partial charge in [-0.2, -0.15) is 11.8 Å². The highest BCUT2D eigenvalue weighted by atomic mass is 32.2. The molecule has 0 aromatic rings. The van der Waals surface area contributed by atoms with Crippen LogP contribution in [0.15, 0.2) is 0 Å². The monoisotopic (exact) mass is 186 g/mol. The second kappa shape index (κ2) is 4.90. The third-order valence-corrected chi connectivity index (χ3v) is 4.24. The van der Waals surface area contributed by atoms with Crippen LogP contribution in [0.1, 0.15) is 39.5 Å². The van der Waals surface area contributed by atoms with E-state index in [9.17, 15) is 4.79 Å². The van der Waals surface area contributed by atoms with Crippen molar-refractivity contribution in [2.24, 2.45) is 5.92 Å². The van der Waals surface area contributed by atoms with Crippen molar-refractivity contribution < 1.29 is 4.79 Å². The second-order valence-corrected chi connectivity index (χ2v) is 5.04. The van der Waals surface area contributed by atoms with Crippen LogP contribution < -0.4 is 0 Å². The molecule has 0 aliphatic heterocycles. The number of ketones is 1. The lowest BCUT2D eigenvalue weighted by atomic mass is 9.90. The van der Waals surface area contributed by atoms with Crippen LogP contribution in [0.2, 0.25) is 0 Å². The molecule has 0 aromatic heterocycles. The number of hydrogen-bond acceptors (Lipinski definition) is 2. The molecule has 1 rings (SSSR count). The van der Waals surface area contributed by atoms with Gasteiger partial charge in [-0.3, -0.25) is 4.79 Å². The maximum absolute atomic E-state index is 10.8. The van der Waals surface area contributed by atoms with Gasteiger partial charge in [-0.05, 0) is 25.7 Å². The molecule has 0 aromatic carbocycles. The molecule has 0 radical (unpaired) electrons. The number of hydrogen-bond donors (Lipinski definition) is 0. The lowest BCUT2D eigenvalue weighted by molar-refractivity contribution is -0.114. The molecule has 0 saturated heterocycles. The van der Waals surface area contributed by atoms with E-state index >= 15 is 0 Å². The van der Waals surface area contributed by atoms with Gasteiger partial charge in [0.1, 0.15) is 5.78 Å². The van der Waals surface area contributed by atoms with Gasteiger partial charge < -0.3 is 0 Å². The average Bonchev–Trinajstić information content (AvgIpc) is 2.03. The van der Waals surface area contributed by atoms with Crippen LogP contribution in [0.25, 0.3) is 0 Å². The Morgan fingerprint density at radius 3 is 2.67 bits per heavy atom. The molecule has 0 spiro atoms. The minimum atomic E-state index is 0.317. The molecule has 1 nitrogen and oxygen atoms in total. The Morgan fingerprint density at radius 1 is 1.42 bits per heavy atom. The van der Waals surface area contributed by atoms with Crippen LogP contribution in [0.3, 0.4) is 0 Å². The molecule has 2 atom stereocenters. The SMILES string of the molecule is CC(=O)CS[C@H]1CCCCC1C. The summed E-state index contributed by atoms with van der Waals surface area (Å²) in [5.74, 6) is 1.86.